The van der Waals surface area contributed by atoms with Crippen LogP contribution in [-0.4, -0.2) is 31.7 Å². The summed E-state index contributed by atoms with van der Waals surface area (Å²) in [7, 11) is 0. The van der Waals surface area contributed by atoms with E-state index in [2.05, 4.69) is 48.7 Å². The van der Waals surface area contributed by atoms with Crippen LogP contribution < -0.4 is 11.1 Å². The Morgan fingerprint density at radius 2 is 1.94 bits per heavy atom. The number of nitrogens with zero attached hydrogens (tertiary/aromatic N) is 6. The molecule has 1 aliphatic rings. The fourth-order valence-electron chi connectivity index (χ4n) is 4.14. The van der Waals surface area contributed by atoms with Crippen LogP contribution in [-0.2, 0) is 5.41 Å². The highest BCUT2D eigenvalue weighted by atomic mass is 16.4. The third-order valence-electron chi connectivity index (χ3n) is 6.25. The van der Waals surface area contributed by atoms with E-state index in [1.54, 1.807) is 12.4 Å². The third-order valence-corrected chi connectivity index (χ3v) is 6.25. The number of rotatable bonds is 5. The highest BCUT2D eigenvalue weighted by Gasteiger charge is 2.23. The van der Waals surface area contributed by atoms with Gasteiger partial charge in [0, 0.05) is 23.4 Å². The van der Waals surface area contributed by atoms with E-state index in [9.17, 15) is 5.26 Å². The van der Waals surface area contributed by atoms with Crippen molar-refractivity contribution in [1.29, 1.82) is 5.26 Å². The Hall–Kier alpha value is -4.16. The normalized spacial score (nSPS) is 16.1. The van der Waals surface area contributed by atoms with Crippen molar-refractivity contribution in [2.45, 2.75) is 44.6 Å². The van der Waals surface area contributed by atoms with Gasteiger partial charge in [0.15, 0.2) is 11.5 Å². The number of hydrogen-bond donors (Lipinski definition) is 2. The van der Waals surface area contributed by atoms with Crippen molar-refractivity contribution in [2.75, 3.05) is 12.3 Å². The van der Waals surface area contributed by atoms with Gasteiger partial charge in [-0.15, -0.1) is 10.2 Å². The maximum atomic E-state index is 9.46. The Balaban J connectivity index is 1.46. The Labute approximate surface area is 203 Å². The molecule has 4 heterocycles. The Bertz CT molecular complexity index is 1400. The van der Waals surface area contributed by atoms with Gasteiger partial charge < -0.3 is 15.5 Å². The average molecular weight is 467 g/mol. The number of nitrogens with two attached hydrogens (primary N) is 1. The van der Waals surface area contributed by atoms with E-state index in [1.807, 2.05) is 38.1 Å². The lowest BCUT2D eigenvalue weighted by atomic mass is 9.90. The zero-order valence-corrected chi connectivity index (χ0v) is 19.7. The van der Waals surface area contributed by atoms with Crippen LogP contribution in [0, 0.1) is 11.3 Å². The van der Waals surface area contributed by atoms with Crippen LogP contribution in [0.1, 0.15) is 50.4 Å². The van der Waals surface area contributed by atoms with Gasteiger partial charge in [-0.3, -0.25) is 4.98 Å². The van der Waals surface area contributed by atoms with E-state index in [1.165, 1.54) is 18.4 Å². The largest absolute Gasteiger partial charge is 0.414 e. The SMILES string of the molecule is CC(C)(C#N)c1cc(-c2cnc(N)c(-c3nnc(-c4cccc(C5CCCCN5)c4)o3)n2)ccn1. The smallest absolute Gasteiger partial charge is 0.270 e. The number of piperidine rings is 1. The molecule has 4 aromatic rings. The third kappa shape index (κ3) is 4.61. The molecule has 3 N–H and O–H groups in total. The summed E-state index contributed by atoms with van der Waals surface area (Å²) in [5.41, 5.74) is 9.72. The fraction of sp³-hybridized carbons (Fsp3) is 0.308. The van der Waals surface area contributed by atoms with Crippen molar-refractivity contribution < 1.29 is 4.42 Å². The van der Waals surface area contributed by atoms with Gasteiger partial charge in [-0.1, -0.05) is 18.6 Å². The molecule has 1 aliphatic heterocycles. The number of benzene rings is 1. The fourth-order valence-corrected chi connectivity index (χ4v) is 4.14. The monoisotopic (exact) mass is 466 g/mol. The molecular weight excluding hydrogens is 440 g/mol. The molecule has 9 nitrogen and oxygen atoms in total. The van der Waals surface area contributed by atoms with Crippen molar-refractivity contribution in [3.05, 3.63) is 60.0 Å². The quantitative estimate of drug-likeness (QED) is 0.436. The van der Waals surface area contributed by atoms with Gasteiger partial charge >= 0.3 is 0 Å². The molecule has 1 saturated heterocycles. The molecule has 0 bridgehead atoms. The molecule has 1 unspecified atom stereocenters. The van der Waals surface area contributed by atoms with Crippen LogP contribution >= 0.6 is 0 Å². The molecule has 0 radical (unpaired) electrons. The Kier molecular flexibility index (Phi) is 5.97. The second kappa shape index (κ2) is 9.24. The van der Waals surface area contributed by atoms with Gasteiger partial charge in [0.25, 0.3) is 5.89 Å². The number of aromatic nitrogens is 5. The van der Waals surface area contributed by atoms with Crippen molar-refractivity contribution >= 4 is 5.82 Å². The molecule has 3 aromatic heterocycles. The first-order valence-electron chi connectivity index (χ1n) is 11.6. The number of pyridine rings is 1. The van der Waals surface area contributed by atoms with Crippen molar-refractivity contribution in [3.63, 3.8) is 0 Å². The molecule has 1 atom stereocenters. The maximum Gasteiger partial charge on any atom is 0.270 e. The number of nitrogens with one attached hydrogen (secondary N) is 1. The van der Waals surface area contributed by atoms with Gasteiger partial charge in [-0.05, 0) is 63.1 Å². The highest BCUT2D eigenvalue weighted by molar-refractivity contribution is 5.69. The summed E-state index contributed by atoms with van der Waals surface area (Å²) in [6.07, 6.45) is 6.77. The molecule has 0 spiro atoms. The average Bonchev–Trinajstić information content (AvgIpc) is 3.40. The predicted molar refractivity (Wildman–Crippen MR) is 132 cm³/mol. The summed E-state index contributed by atoms with van der Waals surface area (Å²) in [5, 5.41) is 21.5. The number of anilines is 1. The second-order valence-corrected chi connectivity index (χ2v) is 9.20. The van der Waals surface area contributed by atoms with Crippen LogP contribution in [0.3, 0.4) is 0 Å². The maximum absolute atomic E-state index is 9.46. The van der Waals surface area contributed by atoms with Gasteiger partial charge in [-0.25, -0.2) is 9.97 Å². The predicted octanol–water partition coefficient (Wildman–Crippen LogP) is 4.45. The summed E-state index contributed by atoms with van der Waals surface area (Å²) in [6, 6.07) is 14.4. The van der Waals surface area contributed by atoms with E-state index in [0.29, 0.717) is 29.0 Å². The zero-order chi connectivity index (χ0) is 24.4. The van der Waals surface area contributed by atoms with Crippen LogP contribution in [0.4, 0.5) is 5.82 Å². The van der Waals surface area contributed by atoms with Crippen molar-refractivity contribution in [1.82, 2.24) is 30.5 Å². The van der Waals surface area contributed by atoms with Crippen LogP contribution in [0.25, 0.3) is 34.3 Å². The first-order chi connectivity index (χ1) is 16.9. The second-order valence-electron chi connectivity index (χ2n) is 9.20. The van der Waals surface area contributed by atoms with E-state index in [4.69, 9.17) is 10.2 Å². The molecule has 176 valence electrons. The lowest BCUT2D eigenvalue weighted by Gasteiger charge is -2.24. The molecule has 1 fully saturated rings. The first kappa shape index (κ1) is 22.6. The minimum absolute atomic E-state index is 0.191. The van der Waals surface area contributed by atoms with Gasteiger partial charge in [-0.2, -0.15) is 5.26 Å². The van der Waals surface area contributed by atoms with Gasteiger partial charge in [0.2, 0.25) is 5.89 Å². The topological polar surface area (TPSA) is 139 Å². The number of nitrogen functional groups attached to an aromatic ring is 1. The lowest BCUT2D eigenvalue weighted by molar-refractivity contribution is 0.412. The number of hydrogen-bond acceptors (Lipinski definition) is 9. The van der Waals surface area contributed by atoms with Gasteiger partial charge in [0.1, 0.15) is 0 Å². The summed E-state index contributed by atoms with van der Waals surface area (Å²) in [5.74, 6) is 0.779. The zero-order valence-electron chi connectivity index (χ0n) is 19.7. The van der Waals surface area contributed by atoms with E-state index in [0.717, 1.165) is 24.1 Å². The summed E-state index contributed by atoms with van der Waals surface area (Å²) in [4.78, 5) is 13.3. The standard InChI is InChI=1S/C26H26N8O/c1-26(2,15-27)21-13-17(9-11-30-21)20-14-31-23(28)22(32-20)25-34-33-24(35-25)18-7-5-6-16(12-18)19-8-3-4-10-29-19/h5-7,9,11-14,19,29H,3-4,8,10H2,1-2H3,(H2,28,31). The molecule has 0 amide bonds. The summed E-state index contributed by atoms with van der Waals surface area (Å²) >= 11 is 0. The molecular formula is C26H26N8O. The van der Waals surface area contributed by atoms with Gasteiger partial charge in [0.05, 0.1) is 29.1 Å². The van der Waals surface area contributed by atoms with Crippen LogP contribution in [0.2, 0.25) is 0 Å². The van der Waals surface area contributed by atoms with E-state index < -0.39 is 5.41 Å². The lowest BCUT2D eigenvalue weighted by Crippen LogP contribution is -2.26. The molecule has 35 heavy (non-hydrogen) atoms. The minimum atomic E-state index is -0.733. The van der Waals surface area contributed by atoms with Crippen LogP contribution in [0.15, 0.2) is 53.2 Å². The van der Waals surface area contributed by atoms with Crippen molar-refractivity contribution in [3.8, 4) is 40.4 Å². The highest BCUT2D eigenvalue weighted by Crippen LogP contribution is 2.31. The first-order valence-corrected chi connectivity index (χ1v) is 11.6. The van der Waals surface area contributed by atoms with Crippen molar-refractivity contribution in [2.24, 2.45) is 0 Å². The minimum Gasteiger partial charge on any atom is -0.414 e. The Morgan fingerprint density at radius 3 is 2.74 bits per heavy atom. The Morgan fingerprint density at radius 1 is 1.09 bits per heavy atom. The molecule has 9 heteroatoms. The molecule has 0 saturated carbocycles. The molecule has 1 aromatic carbocycles. The summed E-state index contributed by atoms with van der Waals surface area (Å²) in [6.45, 7) is 4.66. The molecule has 5 rings (SSSR count). The summed E-state index contributed by atoms with van der Waals surface area (Å²) < 4.78 is 5.98. The number of nitriles is 1. The molecule has 0 aliphatic carbocycles. The van der Waals surface area contributed by atoms with E-state index >= 15 is 0 Å². The van der Waals surface area contributed by atoms with Crippen LogP contribution in [0.5, 0.6) is 0 Å². The van der Waals surface area contributed by atoms with E-state index in [-0.39, 0.29) is 11.7 Å².